The van der Waals surface area contributed by atoms with Gasteiger partial charge in [-0.2, -0.15) is 0 Å². The highest BCUT2D eigenvalue weighted by Crippen LogP contribution is 2.55. The molecule has 2 amide bonds. The molecule has 1 atom stereocenters. The smallest absolute Gasteiger partial charge is 0.319 e. The molecule has 3 rings (SSSR count). The standard InChI is InChI=1S/C16H19Cl2N5OS/c1-2-23-10-20-22-14(23)8-19-15(24)21-12-5-3-4-6-13(12)25-9-11-7-16(11,17)18/h3-6,10-11H,2,7-9H2,1H3,(H2,19,21,24). The molecule has 1 aliphatic rings. The molecular weight excluding hydrogens is 381 g/mol. The van der Waals surface area contributed by atoms with E-state index in [0.717, 1.165) is 35.1 Å². The second-order valence-electron chi connectivity index (χ2n) is 5.81. The fourth-order valence-corrected chi connectivity index (χ4v) is 4.28. The minimum Gasteiger partial charge on any atom is -0.331 e. The molecule has 1 unspecified atom stereocenters. The van der Waals surface area contributed by atoms with Crippen LogP contribution >= 0.6 is 35.0 Å². The predicted molar refractivity (Wildman–Crippen MR) is 101 cm³/mol. The van der Waals surface area contributed by atoms with Crippen molar-refractivity contribution in [1.29, 1.82) is 0 Å². The number of benzene rings is 1. The third kappa shape index (κ3) is 4.80. The summed E-state index contributed by atoms with van der Waals surface area (Å²) in [4.78, 5) is 13.2. The summed E-state index contributed by atoms with van der Waals surface area (Å²) < 4.78 is 1.30. The summed E-state index contributed by atoms with van der Waals surface area (Å²) in [6.07, 6.45) is 2.46. The van der Waals surface area contributed by atoms with Crippen molar-refractivity contribution in [2.24, 2.45) is 5.92 Å². The minimum absolute atomic E-state index is 0.283. The summed E-state index contributed by atoms with van der Waals surface area (Å²) in [5.41, 5.74) is 0.761. The molecule has 0 spiro atoms. The van der Waals surface area contributed by atoms with Crippen LogP contribution in [0.4, 0.5) is 10.5 Å². The molecule has 6 nitrogen and oxygen atoms in total. The molecule has 0 saturated heterocycles. The maximum absolute atomic E-state index is 12.2. The first-order valence-corrected chi connectivity index (χ1v) is 9.75. The third-order valence-corrected chi connectivity index (χ3v) is 6.14. The predicted octanol–water partition coefficient (Wildman–Crippen LogP) is 3.91. The Morgan fingerprint density at radius 2 is 2.20 bits per heavy atom. The van der Waals surface area contributed by atoms with Crippen LogP contribution in [-0.2, 0) is 13.1 Å². The maximum atomic E-state index is 12.2. The molecule has 134 valence electrons. The van der Waals surface area contributed by atoms with Crippen LogP contribution in [0.2, 0.25) is 0 Å². The Hall–Kier alpha value is -1.44. The van der Waals surface area contributed by atoms with Crippen LogP contribution in [0.25, 0.3) is 0 Å². The number of hydrogen-bond donors (Lipinski definition) is 2. The Balaban J connectivity index is 1.54. The van der Waals surface area contributed by atoms with E-state index < -0.39 is 4.33 Å². The Labute approximate surface area is 160 Å². The van der Waals surface area contributed by atoms with E-state index in [4.69, 9.17) is 23.2 Å². The summed E-state index contributed by atoms with van der Waals surface area (Å²) in [6, 6.07) is 7.39. The van der Waals surface area contributed by atoms with Crippen molar-refractivity contribution in [2.75, 3.05) is 11.1 Å². The van der Waals surface area contributed by atoms with Gasteiger partial charge in [-0.15, -0.1) is 45.2 Å². The number of carbonyl (C=O) groups is 1. The van der Waals surface area contributed by atoms with Crippen molar-refractivity contribution in [3.63, 3.8) is 0 Å². The van der Waals surface area contributed by atoms with E-state index in [1.807, 2.05) is 35.8 Å². The number of anilines is 1. The molecule has 1 heterocycles. The second-order valence-corrected chi connectivity index (χ2v) is 8.41. The lowest BCUT2D eigenvalue weighted by molar-refractivity contribution is 0.251. The van der Waals surface area contributed by atoms with E-state index in [1.165, 1.54) is 0 Å². The summed E-state index contributed by atoms with van der Waals surface area (Å²) in [7, 11) is 0. The van der Waals surface area contributed by atoms with E-state index in [9.17, 15) is 4.79 Å². The van der Waals surface area contributed by atoms with Crippen molar-refractivity contribution in [3.05, 3.63) is 36.4 Å². The van der Waals surface area contributed by atoms with E-state index in [2.05, 4.69) is 20.8 Å². The fraction of sp³-hybridized carbons (Fsp3) is 0.438. The normalized spacial score (nSPS) is 18.0. The largest absolute Gasteiger partial charge is 0.331 e. The number of alkyl halides is 2. The van der Waals surface area contributed by atoms with Crippen LogP contribution in [-0.4, -0.2) is 30.9 Å². The first-order valence-electron chi connectivity index (χ1n) is 8.01. The number of amides is 2. The SMILES string of the molecule is CCn1cnnc1CNC(=O)Nc1ccccc1SCC1CC1(Cl)Cl. The first-order chi connectivity index (χ1) is 12.0. The van der Waals surface area contributed by atoms with Gasteiger partial charge in [-0.25, -0.2) is 4.79 Å². The van der Waals surface area contributed by atoms with Crippen LogP contribution in [0.1, 0.15) is 19.2 Å². The minimum atomic E-state index is -0.581. The zero-order chi connectivity index (χ0) is 17.9. The van der Waals surface area contributed by atoms with Gasteiger partial charge in [-0.05, 0) is 25.5 Å². The van der Waals surface area contributed by atoms with Gasteiger partial charge in [0.15, 0.2) is 5.82 Å². The highest BCUT2D eigenvalue weighted by atomic mass is 35.5. The van der Waals surface area contributed by atoms with Crippen molar-refractivity contribution in [1.82, 2.24) is 20.1 Å². The van der Waals surface area contributed by atoms with Crippen LogP contribution in [0, 0.1) is 5.92 Å². The van der Waals surface area contributed by atoms with Gasteiger partial charge in [0.2, 0.25) is 0 Å². The zero-order valence-corrected chi connectivity index (χ0v) is 16.0. The molecule has 2 N–H and O–H groups in total. The number of aryl methyl sites for hydroxylation is 1. The summed E-state index contributed by atoms with van der Waals surface area (Å²) >= 11 is 13.8. The highest BCUT2D eigenvalue weighted by Gasteiger charge is 2.51. The molecule has 25 heavy (non-hydrogen) atoms. The van der Waals surface area contributed by atoms with E-state index >= 15 is 0 Å². The number of thioether (sulfide) groups is 1. The van der Waals surface area contributed by atoms with Gasteiger partial charge < -0.3 is 15.2 Å². The molecule has 1 aromatic heterocycles. The highest BCUT2D eigenvalue weighted by molar-refractivity contribution is 7.99. The average molecular weight is 400 g/mol. The number of aromatic nitrogens is 3. The van der Waals surface area contributed by atoms with Crippen molar-refractivity contribution < 1.29 is 4.79 Å². The summed E-state index contributed by atoms with van der Waals surface area (Å²) in [5, 5.41) is 13.5. The fourth-order valence-electron chi connectivity index (χ4n) is 2.34. The Kier molecular flexibility index (Phi) is 5.76. The Bertz CT molecular complexity index is 752. The number of hydrogen-bond acceptors (Lipinski definition) is 4. The van der Waals surface area contributed by atoms with E-state index in [0.29, 0.717) is 12.5 Å². The number of nitrogens with one attached hydrogen (secondary N) is 2. The topological polar surface area (TPSA) is 71.8 Å². The Morgan fingerprint density at radius 3 is 2.92 bits per heavy atom. The van der Waals surface area contributed by atoms with Gasteiger partial charge in [0.25, 0.3) is 0 Å². The second kappa shape index (κ2) is 7.85. The molecule has 0 bridgehead atoms. The quantitative estimate of drug-likeness (QED) is 0.546. The van der Waals surface area contributed by atoms with Gasteiger partial charge in [0.1, 0.15) is 10.7 Å². The van der Waals surface area contributed by atoms with Crippen LogP contribution < -0.4 is 10.6 Å². The number of carbonyl (C=O) groups excluding carboxylic acids is 1. The van der Waals surface area contributed by atoms with Crippen LogP contribution in [0.15, 0.2) is 35.5 Å². The lowest BCUT2D eigenvalue weighted by Gasteiger charge is -2.12. The van der Waals surface area contributed by atoms with Gasteiger partial charge in [0.05, 0.1) is 12.2 Å². The van der Waals surface area contributed by atoms with Gasteiger partial charge in [0, 0.05) is 23.1 Å². The molecule has 1 fully saturated rings. The maximum Gasteiger partial charge on any atom is 0.319 e. The number of para-hydroxylation sites is 1. The summed E-state index contributed by atoms with van der Waals surface area (Å²) in [6.45, 7) is 3.07. The molecular formula is C16H19Cl2N5OS. The number of halogens is 2. The van der Waals surface area contributed by atoms with Gasteiger partial charge in [-0.3, -0.25) is 0 Å². The molecule has 1 saturated carbocycles. The van der Waals surface area contributed by atoms with Gasteiger partial charge in [-0.1, -0.05) is 12.1 Å². The third-order valence-electron chi connectivity index (χ3n) is 3.97. The number of urea groups is 1. The lowest BCUT2D eigenvalue weighted by Crippen LogP contribution is -2.29. The van der Waals surface area contributed by atoms with Crippen molar-refractivity contribution in [3.8, 4) is 0 Å². The monoisotopic (exact) mass is 399 g/mol. The number of rotatable bonds is 7. The summed E-state index contributed by atoms with van der Waals surface area (Å²) in [5.74, 6) is 1.84. The molecule has 1 aliphatic carbocycles. The molecule has 0 aliphatic heterocycles. The average Bonchev–Trinajstić information content (AvgIpc) is 2.99. The van der Waals surface area contributed by atoms with E-state index in [1.54, 1.807) is 18.1 Å². The molecule has 1 aromatic carbocycles. The Morgan fingerprint density at radius 1 is 1.44 bits per heavy atom. The van der Waals surface area contributed by atoms with E-state index in [-0.39, 0.29) is 6.03 Å². The first kappa shape index (κ1) is 18.4. The molecule has 9 heteroatoms. The van der Waals surface area contributed by atoms with Crippen molar-refractivity contribution in [2.45, 2.75) is 35.7 Å². The van der Waals surface area contributed by atoms with Crippen LogP contribution in [0.3, 0.4) is 0 Å². The molecule has 2 aromatic rings. The zero-order valence-electron chi connectivity index (χ0n) is 13.7. The van der Waals surface area contributed by atoms with Crippen LogP contribution in [0.5, 0.6) is 0 Å². The van der Waals surface area contributed by atoms with Crippen molar-refractivity contribution >= 4 is 46.7 Å². The number of nitrogens with zero attached hydrogens (tertiary/aromatic N) is 3. The molecule has 0 radical (unpaired) electrons. The van der Waals surface area contributed by atoms with Gasteiger partial charge >= 0.3 is 6.03 Å². The lowest BCUT2D eigenvalue weighted by atomic mass is 10.3.